The average Bonchev–Trinajstić information content (AvgIpc) is 3.24. The molecule has 1 N–H and O–H groups in total. The third-order valence-electron chi connectivity index (χ3n) is 4.82. The average molecular weight is 486 g/mol. The summed E-state index contributed by atoms with van der Waals surface area (Å²) in [6.07, 6.45) is 1.53. The van der Waals surface area contributed by atoms with E-state index in [1.165, 1.54) is 18.9 Å². The van der Waals surface area contributed by atoms with Gasteiger partial charge in [-0.3, -0.25) is 0 Å². The Labute approximate surface area is 198 Å². The van der Waals surface area contributed by atoms with Gasteiger partial charge < -0.3 is 29.0 Å². The van der Waals surface area contributed by atoms with Crippen molar-refractivity contribution in [2.24, 2.45) is 0 Å². The fraction of sp³-hybridized carbons (Fsp3) is 0.591. The van der Waals surface area contributed by atoms with Crippen molar-refractivity contribution in [2.75, 3.05) is 27.1 Å². The van der Waals surface area contributed by atoms with E-state index in [1.807, 2.05) is 0 Å². The molecule has 1 unspecified atom stereocenters. The number of thiocarbonyl (C=S) groups is 1. The minimum Gasteiger partial charge on any atom is -0.496 e. The third-order valence-corrected chi connectivity index (χ3v) is 5.84. The van der Waals surface area contributed by atoms with Crippen LogP contribution in [-0.2, 0) is 30.3 Å². The van der Waals surface area contributed by atoms with E-state index in [4.69, 9.17) is 35.9 Å². The number of nitrogens with one attached hydrogen (secondary N) is 1. The highest BCUT2D eigenvalue weighted by Crippen LogP contribution is 2.43. The zero-order valence-electron chi connectivity index (χ0n) is 19.3. The molecule has 8 nitrogen and oxygen atoms in total. The smallest absolute Gasteiger partial charge is 0.407 e. The van der Waals surface area contributed by atoms with Crippen LogP contribution in [0.25, 0.3) is 0 Å². The highest BCUT2D eigenvalue weighted by atomic mass is 32.2. The van der Waals surface area contributed by atoms with E-state index in [0.717, 1.165) is 0 Å². The first-order chi connectivity index (χ1) is 15.1. The molecule has 1 aliphatic heterocycles. The van der Waals surface area contributed by atoms with Gasteiger partial charge in [0.05, 0.1) is 14.2 Å². The van der Waals surface area contributed by atoms with Gasteiger partial charge in [0.15, 0.2) is 6.10 Å². The maximum absolute atomic E-state index is 12.8. The van der Waals surface area contributed by atoms with E-state index in [1.54, 1.807) is 52.3 Å². The van der Waals surface area contributed by atoms with Crippen LogP contribution in [0.4, 0.5) is 4.79 Å². The standard InChI is InChI=1S/C22H31NO7S2/c1-21(2,3)30-19(25)23-13-15-12-14(8-9-16(15)26-4)17(29-20(31)32-6)22(18(24)27-5)10-7-11-28-22/h8-9,12,17H,7,10-11,13H2,1-6H3,(H,23,25)/t17?,22-/m1/s1. The first kappa shape index (κ1) is 26.2. The lowest BCUT2D eigenvalue weighted by molar-refractivity contribution is -0.176. The Balaban J connectivity index is 2.41. The maximum Gasteiger partial charge on any atom is 0.407 e. The van der Waals surface area contributed by atoms with Crippen LogP contribution in [0.5, 0.6) is 5.75 Å². The molecule has 2 rings (SSSR count). The van der Waals surface area contributed by atoms with Gasteiger partial charge in [0.1, 0.15) is 11.4 Å². The Bertz CT molecular complexity index is 832. The van der Waals surface area contributed by atoms with Gasteiger partial charge in [-0.25, -0.2) is 9.59 Å². The van der Waals surface area contributed by atoms with Crippen molar-refractivity contribution in [1.29, 1.82) is 0 Å². The van der Waals surface area contributed by atoms with Crippen LogP contribution in [0, 0.1) is 0 Å². The highest BCUT2D eigenvalue weighted by molar-refractivity contribution is 8.22. The van der Waals surface area contributed by atoms with Gasteiger partial charge in [0, 0.05) is 18.7 Å². The number of alkyl carbamates (subject to hydrolysis) is 1. The number of esters is 1. The van der Waals surface area contributed by atoms with Crippen molar-refractivity contribution in [2.45, 2.75) is 57.5 Å². The van der Waals surface area contributed by atoms with E-state index in [9.17, 15) is 9.59 Å². The van der Waals surface area contributed by atoms with Crippen LogP contribution in [0.2, 0.25) is 0 Å². The molecule has 1 aliphatic rings. The van der Waals surface area contributed by atoms with E-state index in [-0.39, 0.29) is 10.9 Å². The lowest BCUT2D eigenvalue weighted by Gasteiger charge is -2.34. The van der Waals surface area contributed by atoms with E-state index < -0.39 is 29.4 Å². The summed E-state index contributed by atoms with van der Waals surface area (Å²) in [4.78, 5) is 24.9. The lowest BCUT2D eigenvalue weighted by Crippen LogP contribution is -2.46. The SMILES string of the molecule is COC(=O)[C@]1(C(OC(=S)SC)c2ccc(OC)c(CNC(=O)OC(C)(C)C)c2)CCCO1. The van der Waals surface area contributed by atoms with Crippen LogP contribution in [-0.4, -0.2) is 54.7 Å². The van der Waals surface area contributed by atoms with Gasteiger partial charge in [-0.05, 0) is 69.8 Å². The minimum atomic E-state index is -1.32. The van der Waals surface area contributed by atoms with Crippen molar-refractivity contribution >= 4 is 40.4 Å². The Morgan fingerprint density at radius 1 is 1.31 bits per heavy atom. The first-order valence-corrected chi connectivity index (χ1v) is 11.8. The monoisotopic (exact) mass is 485 g/mol. The summed E-state index contributed by atoms with van der Waals surface area (Å²) in [5.41, 5.74) is -0.609. The molecule has 2 atom stereocenters. The van der Waals surface area contributed by atoms with Crippen LogP contribution in [0.15, 0.2) is 18.2 Å². The topological polar surface area (TPSA) is 92.3 Å². The quantitative estimate of drug-likeness (QED) is 0.452. The number of hydrogen-bond donors (Lipinski definition) is 1. The fourth-order valence-corrected chi connectivity index (χ4v) is 3.76. The molecule has 1 aromatic rings. The summed E-state index contributed by atoms with van der Waals surface area (Å²) in [6, 6.07) is 5.34. The molecule has 1 aromatic carbocycles. The van der Waals surface area contributed by atoms with Crippen molar-refractivity contribution in [1.82, 2.24) is 5.32 Å². The molecule has 0 bridgehead atoms. The van der Waals surface area contributed by atoms with Gasteiger partial charge in [-0.1, -0.05) is 17.8 Å². The molecule has 1 fully saturated rings. The molecule has 0 saturated carbocycles. The second kappa shape index (κ2) is 11.2. The third kappa shape index (κ3) is 6.49. The summed E-state index contributed by atoms with van der Waals surface area (Å²) in [6.45, 7) is 5.93. The molecule has 0 spiro atoms. The van der Waals surface area contributed by atoms with Crippen molar-refractivity contribution < 1.29 is 33.3 Å². The van der Waals surface area contributed by atoms with Gasteiger partial charge >= 0.3 is 12.1 Å². The molecule has 178 valence electrons. The molecule has 10 heteroatoms. The number of carbonyl (C=O) groups is 2. The lowest BCUT2D eigenvalue weighted by atomic mass is 9.87. The van der Waals surface area contributed by atoms with Crippen molar-refractivity contribution in [3.8, 4) is 5.75 Å². The largest absolute Gasteiger partial charge is 0.496 e. The molecule has 1 amide bonds. The first-order valence-electron chi connectivity index (χ1n) is 10.2. The normalized spacial score (nSPS) is 19.1. The minimum absolute atomic E-state index is 0.150. The molecule has 32 heavy (non-hydrogen) atoms. The van der Waals surface area contributed by atoms with Crippen molar-refractivity contribution in [3.63, 3.8) is 0 Å². The van der Waals surface area contributed by atoms with Crippen LogP contribution in [0.1, 0.15) is 50.8 Å². The fourth-order valence-electron chi connectivity index (χ4n) is 3.47. The second-order valence-electron chi connectivity index (χ2n) is 8.21. The Hall–Kier alpha value is -2.04. The number of thioether (sulfide) groups is 1. The van der Waals surface area contributed by atoms with Crippen LogP contribution < -0.4 is 10.1 Å². The Morgan fingerprint density at radius 3 is 2.56 bits per heavy atom. The zero-order chi connectivity index (χ0) is 23.9. The summed E-state index contributed by atoms with van der Waals surface area (Å²) in [5.74, 6) is 0.0450. The molecule has 0 aromatic heterocycles. The molecule has 1 heterocycles. The van der Waals surface area contributed by atoms with E-state index in [0.29, 0.717) is 36.3 Å². The van der Waals surface area contributed by atoms with E-state index >= 15 is 0 Å². The summed E-state index contributed by atoms with van der Waals surface area (Å²) >= 11 is 6.55. The molecule has 0 radical (unpaired) electrons. The van der Waals surface area contributed by atoms with Crippen LogP contribution in [0.3, 0.4) is 0 Å². The summed E-state index contributed by atoms with van der Waals surface area (Å²) in [5, 5.41) is 2.73. The number of hydrogen-bond acceptors (Lipinski definition) is 9. The molecular formula is C22H31NO7S2. The summed E-state index contributed by atoms with van der Waals surface area (Å²) < 4.78 is 28.0. The zero-order valence-corrected chi connectivity index (χ0v) is 20.9. The van der Waals surface area contributed by atoms with E-state index in [2.05, 4.69) is 5.32 Å². The van der Waals surface area contributed by atoms with Gasteiger partial charge in [-0.15, -0.1) is 0 Å². The predicted molar refractivity (Wildman–Crippen MR) is 126 cm³/mol. The molecule has 1 saturated heterocycles. The number of rotatable bonds is 7. The number of ether oxygens (including phenoxy) is 5. The van der Waals surface area contributed by atoms with Gasteiger partial charge in [-0.2, -0.15) is 0 Å². The summed E-state index contributed by atoms with van der Waals surface area (Å²) in [7, 11) is 2.86. The maximum atomic E-state index is 12.8. The number of amides is 1. The van der Waals surface area contributed by atoms with Gasteiger partial charge in [0.25, 0.3) is 0 Å². The second-order valence-corrected chi connectivity index (χ2v) is 9.62. The Morgan fingerprint density at radius 2 is 2.03 bits per heavy atom. The number of carbonyl (C=O) groups excluding carboxylic acids is 2. The van der Waals surface area contributed by atoms with Crippen molar-refractivity contribution in [3.05, 3.63) is 29.3 Å². The predicted octanol–water partition coefficient (Wildman–Crippen LogP) is 4.15. The number of benzene rings is 1. The molecular weight excluding hydrogens is 454 g/mol. The molecule has 0 aliphatic carbocycles. The van der Waals surface area contributed by atoms with Crippen LogP contribution >= 0.6 is 24.0 Å². The van der Waals surface area contributed by atoms with Gasteiger partial charge in [0.2, 0.25) is 9.98 Å². The highest BCUT2D eigenvalue weighted by Gasteiger charge is 2.53. The Kier molecular flexibility index (Phi) is 9.18. The number of methoxy groups -OCH3 is 2.